The number of imide groups is 1. The van der Waals surface area contributed by atoms with Gasteiger partial charge in [-0.05, 0) is 36.5 Å². The predicted molar refractivity (Wildman–Crippen MR) is 144 cm³/mol. The van der Waals surface area contributed by atoms with Crippen LogP contribution in [-0.2, 0) is 33.4 Å². The third-order valence-electron chi connectivity index (χ3n) is 10.4. The lowest BCUT2D eigenvalue weighted by atomic mass is 9.48. The van der Waals surface area contributed by atoms with Gasteiger partial charge >= 0.3 is 11.9 Å². The number of hydrogen-bond acceptors (Lipinski definition) is 9. The molecule has 0 spiro atoms. The maximum Gasteiger partial charge on any atom is 0.342 e. The molecule has 214 valence electrons. The third kappa shape index (κ3) is 2.79. The van der Waals surface area contributed by atoms with Crippen LogP contribution >= 0.6 is 0 Å². The van der Waals surface area contributed by atoms with Crippen LogP contribution in [0.2, 0.25) is 0 Å². The van der Waals surface area contributed by atoms with E-state index < -0.39 is 35.0 Å². The highest BCUT2D eigenvalue weighted by Crippen LogP contribution is 2.83. The van der Waals surface area contributed by atoms with Crippen molar-refractivity contribution < 1.29 is 38.2 Å². The van der Waals surface area contributed by atoms with Gasteiger partial charge in [-0.25, -0.2) is 14.6 Å². The molecule has 2 aliphatic heterocycles. The second kappa shape index (κ2) is 8.34. The van der Waals surface area contributed by atoms with Crippen LogP contribution in [0.4, 0.5) is 0 Å². The molecule has 5 aliphatic rings. The summed E-state index contributed by atoms with van der Waals surface area (Å²) in [5, 5.41) is 4.65. The fourth-order valence-electron chi connectivity index (χ4n) is 8.97. The molecule has 0 radical (unpaired) electrons. The fourth-order valence-corrected chi connectivity index (χ4v) is 8.97. The lowest BCUT2D eigenvalue weighted by molar-refractivity contribution is -0.168. The number of rotatable bonds is 6. The topological polar surface area (TPSA) is 144 Å². The monoisotopic (exact) mass is 569 g/mol. The van der Waals surface area contributed by atoms with Crippen LogP contribution in [-0.4, -0.2) is 78.1 Å². The first kappa shape index (κ1) is 25.3. The molecule has 8 rings (SSSR count). The van der Waals surface area contributed by atoms with Crippen LogP contribution in [0.1, 0.15) is 16.8 Å². The van der Waals surface area contributed by atoms with Crippen molar-refractivity contribution in [3.05, 3.63) is 54.1 Å². The summed E-state index contributed by atoms with van der Waals surface area (Å²) in [6.07, 6.45) is 0.566. The zero-order chi connectivity index (χ0) is 29.1. The largest absolute Gasteiger partial charge is 0.467 e. The minimum Gasteiger partial charge on any atom is -0.467 e. The molecule has 1 N–H and O–H groups in total. The molecule has 0 unspecified atom stereocenters. The minimum absolute atomic E-state index is 0.0209. The number of nitrogens with zero attached hydrogens (tertiary/aromatic N) is 2. The van der Waals surface area contributed by atoms with Gasteiger partial charge in [-0.15, -0.1) is 0 Å². The number of aromatic nitrogens is 1. The Morgan fingerprint density at radius 1 is 0.929 bits per heavy atom. The highest BCUT2D eigenvalue weighted by molar-refractivity contribution is 6.09. The average molecular weight is 570 g/mol. The normalized spacial score (nSPS) is 35.0. The van der Waals surface area contributed by atoms with E-state index in [1.54, 1.807) is 12.1 Å². The van der Waals surface area contributed by atoms with Crippen molar-refractivity contribution in [1.82, 2.24) is 15.2 Å². The molecule has 3 heterocycles. The summed E-state index contributed by atoms with van der Waals surface area (Å²) in [5.74, 6) is -4.77. The Morgan fingerprint density at radius 3 is 2.19 bits per heavy atom. The number of epoxide rings is 1. The molecule has 3 amide bonds. The summed E-state index contributed by atoms with van der Waals surface area (Å²) in [6, 6.07) is 15.1. The number of likely N-dealkylation sites (tertiary alicyclic amines) is 1. The summed E-state index contributed by atoms with van der Waals surface area (Å²) in [4.78, 5) is 71.9. The number of ether oxygens (including phenoxy) is 3. The molecule has 42 heavy (non-hydrogen) atoms. The van der Waals surface area contributed by atoms with E-state index in [-0.39, 0.29) is 54.5 Å². The van der Waals surface area contributed by atoms with E-state index in [1.807, 2.05) is 36.4 Å². The van der Waals surface area contributed by atoms with E-state index in [0.29, 0.717) is 17.5 Å². The van der Waals surface area contributed by atoms with Gasteiger partial charge in [0.2, 0.25) is 23.0 Å². The van der Waals surface area contributed by atoms with Crippen molar-refractivity contribution >= 4 is 51.5 Å². The molecule has 3 aromatic rings. The lowest BCUT2D eigenvalue weighted by Gasteiger charge is -2.47. The Morgan fingerprint density at radius 2 is 1.55 bits per heavy atom. The Bertz CT molecular complexity index is 1720. The van der Waals surface area contributed by atoms with E-state index in [9.17, 15) is 24.0 Å². The summed E-state index contributed by atoms with van der Waals surface area (Å²) < 4.78 is 15.9. The number of esters is 2. The van der Waals surface area contributed by atoms with Crippen LogP contribution in [0.25, 0.3) is 21.8 Å². The number of carbonyl (C=O) groups excluding carboxylic acids is 5. The predicted octanol–water partition coefficient (Wildman–Crippen LogP) is 1.47. The zero-order valence-electron chi connectivity index (χ0n) is 22.9. The van der Waals surface area contributed by atoms with Crippen molar-refractivity contribution in [3.8, 4) is 0 Å². The van der Waals surface area contributed by atoms with Crippen LogP contribution in [0.3, 0.4) is 0 Å². The van der Waals surface area contributed by atoms with Crippen molar-refractivity contribution in [2.75, 3.05) is 27.3 Å². The average Bonchev–Trinajstić information content (AvgIpc) is 3.23. The first-order valence-electron chi connectivity index (χ1n) is 14.1. The van der Waals surface area contributed by atoms with Crippen molar-refractivity contribution in [2.24, 2.45) is 35.5 Å². The van der Waals surface area contributed by atoms with Crippen molar-refractivity contribution in [1.29, 1.82) is 0 Å². The van der Waals surface area contributed by atoms with Crippen LogP contribution in [0.5, 0.6) is 0 Å². The Hall–Kier alpha value is -4.38. The highest BCUT2D eigenvalue weighted by Gasteiger charge is 3.00. The third-order valence-corrected chi connectivity index (χ3v) is 10.4. The van der Waals surface area contributed by atoms with Gasteiger partial charge in [0.15, 0.2) is 0 Å². The summed E-state index contributed by atoms with van der Waals surface area (Å²) in [5.41, 5.74) is -1.15. The molecule has 5 fully saturated rings. The Balaban J connectivity index is 0.999. The molecule has 2 saturated heterocycles. The number of nitrogens with one attached hydrogen (secondary N) is 1. The fraction of sp³-hybridized carbons (Fsp3) is 0.419. The smallest absolute Gasteiger partial charge is 0.342 e. The lowest BCUT2D eigenvalue weighted by Crippen LogP contribution is -2.67. The number of benzene rings is 2. The number of amides is 3. The molecular weight excluding hydrogens is 542 g/mol. The first-order valence-corrected chi connectivity index (χ1v) is 14.1. The Labute approximate surface area is 239 Å². The number of fused-ring (bicyclic) bond motifs is 13. The van der Waals surface area contributed by atoms with Gasteiger partial charge in [0.25, 0.3) is 5.91 Å². The standard InChI is InChI=1S/C31H27N3O8/c1-40-28(38)30-22-17-13-18(23(22)31(30,42-30)29(39)41-2)21-20(17)26(36)34(27(21)37)11-10-32-25(35)16-8-5-7-15-12-14-6-3-4-9-19(14)33-24(15)16/h3-9,12,17-18,20-23H,10-11,13H2,1-2H3,(H,32,35)/t17-,18+,20-,21+,22-,23+,30-,31+. The summed E-state index contributed by atoms with van der Waals surface area (Å²) >= 11 is 0. The van der Waals surface area contributed by atoms with E-state index in [4.69, 9.17) is 19.2 Å². The van der Waals surface area contributed by atoms with E-state index in [0.717, 1.165) is 16.3 Å². The second-order valence-corrected chi connectivity index (χ2v) is 11.9. The molecule has 3 saturated carbocycles. The molecule has 8 atom stereocenters. The van der Waals surface area contributed by atoms with Gasteiger partial charge in [-0.2, -0.15) is 0 Å². The summed E-state index contributed by atoms with van der Waals surface area (Å²) in [7, 11) is 2.47. The van der Waals surface area contributed by atoms with Gasteiger partial charge in [-0.1, -0.05) is 30.3 Å². The van der Waals surface area contributed by atoms with E-state index >= 15 is 0 Å². The van der Waals surface area contributed by atoms with E-state index in [1.165, 1.54) is 19.1 Å². The van der Waals surface area contributed by atoms with Gasteiger partial charge in [0.05, 0.1) is 42.7 Å². The quantitative estimate of drug-likeness (QED) is 0.153. The summed E-state index contributed by atoms with van der Waals surface area (Å²) in [6.45, 7) is 0.0936. The first-order chi connectivity index (χ1) is 20.3. The maximum absolute atomic E-state index is 13.6. The molecule has 2 bridgehead atoms. The second-order valence-electron chi connectivity index (χ2n) is 11.9. The molecule has 11 nitrogen and oxygen atoms in total. The molecule has 3 aliphatic carbocycles. The molecule has 2 aromatic carbocycles. The van der Waals surface area contributed by atoms with Crippen molar-refractivity contribution in [2.45, 2.75) is 17.6 Å². The number of methoxy groups -OCH3 is 2. The van der Waals surface area contributed by atoms with Gasteiger partial charge < -0.3 is 19.5 Å². The van der Waals surface area contributed by atoms with Gasteiger partial charge in [0, 0.05) is 35.7 Å². The number of para-hydroxylation sites is 2. The number of pyridine rings is 1. The molecular formula is C31H27N3O8. The van der Waals surface area contributed by atoms with E-state index in [2.05, 4.69) is 5.32 Å². The van der Waals surface area contributed by atoms with Gasteiger partial charge in [0.1, 0.15) is 0 Å². The Kier molecular flexibility index (Phi) is 5.03. The van der Waals surface area contributed by atoms with Crippen LogP contribution < -0.4 is 5.32 Å². The SMILES string of the molecule is COC(=O)[C@]12O[C@@]1(C(=O)OC)[C@@H]1[C@@H]3C[C@@H]([C@@H]4C(=O)N(CCNC(=O)c5cccc6cc7ccccc7nc56)C(=O)[C@H]34)[C@@H]12. The highest BCUT2D eigenvalue weighted by atomic mass is 16.7. The zero-order valence-corrected chi connectivity index (χ0v) is 22.9. The maximum atomic E-state index is 13.6. The van der Waals surface area contributed by atoms with Crippen LogP contribution in [0.15, 0.2) is 48.5 Å². The van der Waals surface area contributed by atoms with Crippen LogP contribution in [0, 0.1) is 35.5 Å². The minimum atomic E-state index is -1.45. The van der Waals surface area contributed by atoms with Gasteiger partial charge in [-0.3, -0.25) is 19.3 Å². The molecule has 1 aromatic heterocycles. The number of carbonyl (C=O) groups is 5. The number of hydrogen-bond donors (Lipinski definition) is 1. The molecule has 11 heteroatoms. The van der Waals surface area contributed by atoms with Crippen molar-refractivity contribution in [3.63, 3.8) is 0 Å².